The molecule has 0 radical (unpaired) electrons. The van der Waals surface area contributed by atoms with Crippen LogP contribution in [-0.2, 0) is 23.9 Å². The maximum absolute atomic E-state index is 13.5. The van der Waals surface area contributed by atoms with Crippen molar-refractivity contribution in [1.29, 1.82) is 0 Å². The van der Waals surface area contributed by atoms with Crippen LogP contribution in [0.25, 0.3) is 11.0 Å². The number of methoxy groups -OCH3 is 1. The van der Waals surface area contributed by atoms with E-state index in [4.69, 9.17) is 9.15 Å². The van der Waals surface area contributed by atoms with E-state index in [1.54, 1.807) is 25.1 Å². The maximum atomic E-state index is 13.5. The molecule has 178 valence electrons. The van der Waals surface area contributed by atoms with E-state index in [-0.39, 0.29) is 12.8 Å². The summed E-state index contributed by atoms with van der Waals surface area (Å²) in [4.78, 5) is 28.2. The first-order valence-electron chi connectivity index (χ1n) is 10.1. The van der Waals surface area contributed by atoms with Crippen LogP contribution < -0.4 is 15.7 Å². The zero-order valence-electron chi connectivity index (χ0n) is 18.3. The average molecular weight is 467 g/mol. The monoisotopic (exact) mass is 467 g/mol. The summed E-state index contributed by atoms with van der Waals surface area (Å²) in [5.41, 5.74) is -2.50. The van der Waals surface area contributed by atoms with Crippen molar-refractivity contribution in [1.82, 2.24) is 14.9 Å². The van der Waals surface area contributed by atoms with Crippen LogP contribution in [0.1, 0.15) is 29.8 Å². The number of hydrogen-bond donors (Lipinski definition) is 2. The molecule has 0 spiro atoms. The van der Waals surface area contributed by atoms with Gasteiger partial charge < -0.3 is 24.1 Å². The first-order valence-corrected chi connectivity index (χ1v) is 10.1. The Labute approximate surface area is 187 Å². The van der Waals surface area contributed by atoms with Gasteiger partial charge in [-0.25, -0.2) is 9.78 Å². The number of halogens is 3. The molecule has 2 heterocycles. The van der Waals surface area contributed by atoms with Gasteiger partial charge >= 0.3 is 11.8 Å². The molecule has 2 aromatic heterocycles. The number of carbonyl (C=O) groups excluding carboxylic acids is 1. The molecule has 2 N–H and O–H groups in total. The summed E-state index contributed by atoms with van der Waals surface area (Å²) in [6, 6.07) is 5.05. The number of rotatable bonds is 8. The Kier molecular flexibility index (Phi) is 6.82. The third kappa shape index (κ3) is 4.87. The Hall–Kier alpha value is -3.34. The SMILES string of the molecule is COc1ccc2c(C)c(CCC(=O)NCCC(O)(c3nccn3C)C(F)(F)F)c(=O)oc2c1. The largest absolute Gasteiger partial charge is 0.497 e. The Morgan fingerprint density at radius 3 is 2.67 bits per heavy atom. The number of fused-ring (bicyclic) bond motifs is 1. The minimum absolute atomic E-state index is 0.0465. The molecule has 33 heavy (non-hydrogen) atoms. The highest BCUT2D eigenvalue weighted by Gasteiger charge is 2.57. The van der Waals surface area contributed by atoms with Gasteiger partial charge in [-0.05, 0) is 31.0 Å². The van der Waals surface area contributed by atoms with Crippen molar-refractivity contribution in [3.05, 3.63) is 58.0 Å². The highest BCUT2D eigenvalue weighted by Crippen LogP contribution is 2.40. The molecule has 1 aromatic carbocycles. The number of hydrogen-bond acceptors (Lipinski definition) is 6. The van der Waals surface area contributed by atoms with E-state index >= 15 is 0 Å². The van der Waals surface area contributed by atoms with Crippen LogP contribution in [0, 0.1) is 6.92 Å². The molecule has 1 amide bonds. The number of alkyl halides is 3. The van der Waals surface area contributed by atoms with Crippen molar-refractivity contribution in [2.24, 2.45) is 7.05 Å². The third-order valence-electron chi connectivity index (χ3n) is 5.57. The summed E-state index contributed by atoms with van der Waals surface area (Å²) in [5.74, 6) is -0.597. The molecule has 0 saturated carbocycles. The summed E-state index contributed by atoms with van der Waals surface area (Å²) >= 11 is 0. The fourth-order valence-electron chi connectivity index (χ4n) is 3.64. The molecular weight excluding hydrogens is 443 g/mol. The van der Waals surface area contributed by atoms with Crippen LogP contribution in [0.15, 0.2) is 39.8 Å². The average Bonchev–Trinajstić information content (AvgIpc) is 3.18. The molecule has 0 aliphatic carbocycles. The molecule has 1 unspecified atom stereocenters. The van der Waals surface area contributed by atoms with E-state index in [1.165, 1.54) is 20.4 Å². The molecule has 8 nitrogen and oxygen atoms in total. The summed E-state index contributed by atoms with van der Waals surface area (Å²) in [7, 11) is 2.83. The van der Waals surface area contributed by atoms with E-state index < -0.39 is 42.1 Å². The predicted molar refractivity (Wildman–Crippen MR) is 113 cm³/mol. The molecular formula is C22H24F3N3O5. The number of nitrogens with one attached hydrogen (secondary N) is 1. The molecule has 3 rings (SSSR count). The number of aliphatic hydroxyl groups is 1. The van der Waals surface area contributed by atoms with Crippen LogP contribution in [0.2, 0.25) is 0 Å². The number of amides is 1. The second-order valence-corrected chi connectivity index (χ2v) is 7.67. The number of imidazole rings is 1. The Balaban J connectivity index is 1.65. The fourth-order valence-corrected chi connectivity index (χ4v) is 3.64. The molecule has 0 aliphatic heterocycles. The van der Waals surface area contributed by atoms with Crippen molar-refractivity contribution < 1.29 is 32.2 Å². The molecule has 3 aromatic rings. The molecule has 1 atom stereocenters. The Morgan fingerprint density at radius 2 is 2.06 bits per heavy atom. The second-order valence-electron chi connectivity index (χ2n) is 7.67. The second kappa shape index (κ2) is 9.26. The van der Waals surface area contributed by atoms with E-state index in [0.29, 0.717) is 27.8 Å². The quantitative estimate of drug-likeness (QED) is 0.494. The van der Waals surface area contributed by atoms with Crippen LogP contribution >= 0.6 is 0 Å². The molecule has 0 bridgehead atoms. The maximum Gasteiger partial charge on any atom is 0.424 e. The van der Waals surface area contributed by atoms with Crippen molar-refractivity contribution in [2.45, 2.75) is 38.0 Å². The number of ether oxygens (including phenoxy) is 1. The minimum atomic E-state index is -4.99. The fraction of sp³-hybridized carbons (Fsp3) is 0.409. The molecule has 0 aliphatic rings. The van der Waals surface area contributed by atoms with Gasteiger partial charge in [-0.2, -0.15) is 13.2 Å². The van der Waals surface area contributed by atoms with E-state index in [2.05, 4.69) is 10.3 Å². The van der Waals surface area contributed by atoms with Gasteiger partial charge in [0.05, 0.1) is 7.11 Å². The van der Waals surface area contributed by atoms with Gasteiger partial charge in [-0.15, -0.1) is 0 Å². The highest BCUT2D eigenvalue weighted by atomic mass is 19.4. The Bertz CT molecular complexity index is 1220. The zero-order chi connectivity index (χ0) is 24.4. The lowest BCUT2D eigenvalue weighted by atomic mass is 9.97. The summed E-state index contributed by atoms with van der Waals surface area (Å²) in [6.45, 7) is 1.29. The molecule has 11 heteroatoms. The lowest BCUT2D eigenvalue weighted by Crippen LogP contribution is -2.46. The van der Waals surface area contributed by atoms with E-state index in [0.717, 1.165) is 10.8 Å². The van der Waals surface area contributed by atoms with Crippen molar-refractivity contribution in [2.75, 3.05) is 13.7 Å². The van der Waals surface area contributed by atoms with E-state index in [9.17, 15) is 27.9 Å². The predicted octanol–water partition coefficient (Wildman–Crippen LogP) is 2.73. The Morgan fingerprint density at radius 1 is 1.33 bits per heavy atom. The highest BCUT2D eigenvalue weighted by molar-refractivity contribution is 5.82. The lowest BCUT2D eigenvalue weighted by Gasteiger charge is -2.30. The van der Waals surface area contributed by atoms with Gasteiger partial charge in [0, 0.05) is 55.8 Å². The van der Waals surface area contributed by atoms with Gasteiger partial charge in [0.15, 0.2) is 0 Å². The summed E-state index contributed by atoms with van der Waals surface area (Å²) < 4.78 is 52.1. The van der Waals surface area contributed by atoms with E-state index in [1.807, 2.05) is 0 Å². The first-order chi connectivity index (χ1) is 15.5. The van der Waals surface area contributed by atoms with Crippen LogP contribution in [-0.4, -0.2) is 40.4 Å². The smallest absolute Gasteiger partial charge is 0.424 e. The lowest BCUT2D eigenvalue weighted by molar-refractivity contribution is -0.272. The van der Waals surface area contributed by atoms with Gasteiger partial charge in [-0.3, -0.25) is 4.79 Å². The van der Waals surface area contributed by atoms with Crippen LogP contribution in [0.5, 0.6) is 5.75 Å². The zero-order valence-corrected chi connectivity index (χ0v) is 18.3. The van der Waals surface area contributed by atoms with Gasteiger partial charge in [0.2, 0.25) is 11.5 Å². The number of carbonyl (C=O) groups is 1. The van der Waals surface area contributed by atoms with Gasteiger partial charge in [0.1, 0.15) is 17.2 Å². The van der Waals surface area contributed by atoms with Gasteiger partial charge in [0.25, 0.3) is 0 Å². The summed E-state index contributed by atoms with van der Waals surface area (Å²) in [5, 5.41) is 13.4. The van der Waals surface area contributed by atoms with Gasteiger partial charge in [-0.1, -0.05) is 0 Å². The van der Waals surface area contributed by atoms with Crippen molar-refractivity contribution >= 4 is 16.9 Å². The third-order valence-corrected chi connectivity index (χ3v) is 5.57. The number of aryl methyl sites for hydroxylation is 2. The van der Waals surface area contributed by atoms with Crippen molar-refractivity contribution in [3.8, 4) is 5.75 Å². The topological polar surface area (TPSA) is 107 Å². The number of benzene rings is 1. The molecule has 0 fully saturated rings. The first kappa shape index (κ1) is 24.3. The normalized spacial score (nSPS) is 13.7. The number of nitrogens with zero attached hydrogens (tertiary/aromatic N) is 2. The van der Waals surface area contributed by atoms with Crippen molar-refractivity contribution in [3.63, 3.8) is 0 Å². The molecule has 0 saturated heterocycles. The minimum Gasteiger partial charge on any atom is -0.497 e. The van der Waals surface area contributed by atoms with Crippen LogP contribution in [0.3, 0.4) is 0 Å². The van der Waals surface area contributed by atoms with Crippen LogP contribution in [0.4, 0.5) is 13.2 Å². The number of aromatic nitrogens is 2. The standard InChI is InChI=1S/C22H24F3N3O5/c1-13-15-5-4-14(32-3)12-17(15)33-19(30)16(13)6-7-18(29)26-9-8-21(31,22(23,24)25)20-27-10-11-28(20)2/h4-5,10-12,31H,6-9H2,1-3H3,(H,26,29). The summed E-state index contributed by atoms with van der Waals surface area (Å²) in [6.07, 6.45) is -3.45.